The summed E-state index contributed by atoms with van der Waals surface area (Å²) in [5.74, 6) is 0. The van der Waals surface area contributed by atoms with Crippen LogP contribution in [-0.2, 0) is 12.7 Å². The Hall–Kier alpha value is -1.07. The maximum atomic E-state index is 12.4. The Bertz CT molecular complexity index is 373. The summed E-state index contributed by atoms with van der Waals surface area (Å²) in [6.45, 7) is 6.62. The zero-order valence-electron chi connectivity index (χ0n) is 11.6. The quantitative estimate of drug-likeness (QED) is 0.857. The van der Waals surface area contributed by atoms with Crippen molar-refractivity contribution in [2.75, 3.05) is 20.1 Å². The van der Waals surface area contributed by atoms with Gasteiger partial charge in [0.15, 0.2) is 0 Å². The lowest BCUT2D eigenvalue weighted by Gasteiger charge is -2.20. The molecular weight excluding hydrogens is 253 g/mol. The van der Waals surface area contributed by atoms with Crippen molar-refractivity contribution in [1.82, 2.24) is 10.2 Å². The molecule has 0 aliphatic carbocycles. The molecule has 1 aromatic rings. The van der Waals surface area contributed by atoms with Crippen molar-refractivity contribution in [1.29, 1.82) is 0 Å². The minimum Gasteiger partial charge on any atom is -0.309 e. The zero-order valence-corrected chi connectivity index (χ0v) is 11.6. The second-order valence-corrected chi connectivity index (χ2v) is 4.83. The van der Waals surface area contributed by atoms with Gasteiger partial charge in [-0.25, -0.2) is 0 Å². The highest BCUT2D eigenvalue weighted by atomic mass is 19.4. The Morgan fingerprint density at radius 2 is 1.79 bits per heavy atom. The number of halogens is 3. The van der Waals surface area contributed by atoms with E-state index in [9.17, 15) is 13.2 Å². The second-order valence-electron chi connectivity index (χ2n) is 4.83. The van der Waals surface area contributed by atoms with Crippen molar-refractivity contribution < 1.29 is 13.2 Å². The molecule has 0 amide bonds. The van der Waals surface area contributed by atoms with Gasteiger partial charge in [-0.3, -0.25) is 0 Å². The molecule has 5 heteroatoms. The average Bonchev–Trinajstić information content (AvgIpc) is 2.35. The van der Waals surface area contributed by atoms with E-state index in [4.69, 9.17) is 0 Å². The number of hydrogen-bond acceptors (Lipinski definition) is 2. The molecule has 1 unspecified atom stereocenters. The first-order valence-corrected chi connectivity index (χ1v) is 6.41. The first-order valence-electron chi connectivity index (χ1n) is 6.41. The van der Waals surface area contributed by atoms with Gasteiger partial charge in [-0.15, -0.1) is 0 Å². The van der Waals surface area contributed by atoms with Gasteiger partial charge in [0.25, 0.3) is 0 Å². The van der Waals surface area contributed by atoms with Crippen LogP contribution in [0.15, 0.2) is 24.3 Å². The van der Waals surface area contributed by atoms with Gasteiger partial charge in [-0.05, 0) is 38.2 Å². The number of benzene rings is 1. The van der Waals surface area contributed by atoms with Gasteiger partial charge in [-0.1, -0.05) is 19.1 Å². The molecule has 1 N–H and O–H groups in total. The third-order valence-electron chi connectivity index (χ3n) is 3.06. The van der Waals surface area contributed by atoms with Crippen molar-refractivity contribution in [3.63, 3.8) is 0 Å². The van der Waals surface area contributed by atoms with Crippen LogP contribution in [0.1, 0.15) is 25.0 Å². The van der Waals surface area contributed by atoms with Gasteiger partial charge in [0.2, 0.25) is 0 Å². The Kier molecular flexibility index (Phi) is 5.82. The summed E-state index contributed by atoms with van der Waals surface area (Å²) in [7, 11) is 2.04. The minimum absolute atomic E-state index is 0.298. The highest BCUT2D eigenvalue weighted by Crippen LogP contribution is 2.28. The van der Waals surface area contributed by atoms with Crippen LogP contribution < -0.4 is 5.32 Å². The van der Waals surface area contributed by atoms with E-state index < -0.39 is 11.7 Å². The molecule has 2 nitrogen and oxygen atoms in total. The SMILES string of the molecule is CCN(C)CC(C)NCc1ccc(C(F)(F)F)cc1. The number of likely N-dealkylation sites (N-methyl/N-ethyl adjacent to an activating group) is 1. The van der Waals surface area contributed by atoms with Crippen LogP contribution in [0, 0.1) is 0 Å². The maximum Gasteiger partial charge on any atom is 0.416 e. The highest BCUT2D eigenvalue weighted by molar-refractivity contribution is 5.24. The van der Waals surface area contributed by atoms with Gasteiger partial charge >= 0.3 is 6.18 Å². The standard InChI is InChI=1S/C14H21F3N2/c1-4-19(3)10-11(2)18-9-12-5-7-13(8-6-12)14(15,16)17/h5-8,11,18H,4,9-10H2,1-3H3. The van der Waals surface area contributed by atoms with Crippen molar-refractivity contribution >= 4 is 0 Å². The summed E-state index contributed by atoms with van der Waals surface area (Å²) in [4.78, 5) is 2.18. The van der Waals surface area contributed by atoms with Crippen molar-refractivity contribution in [2.24, 2.45) is 0 Å². The summed E-state index contributed by atoms with van der Waals surface area (Å²) in [6.07, 6.45) is -4.26. The lowest BCUT2D eigenvalue weighted by molar-refractivity contribution is -0.137. The smallest absolute Gasteiger partial charge is 0.309 e. The maximum absolute atomic E-state index is 12.4. The lowest BCUT2D eigenvalue weighted by Crippen LogP contribution is -2.36. The van der Waals surface area contributed by atoms with Crippen molar-refractivity contribution in [2.45, 2.75) is 32.6 Å². The fourth-order valence-electron chi connectivity index (χ4n) is 1.76. The molecular formula is C14H21F3N2. The van der Waals surface area contributed by atoms with E-state index in [1.165, 1.54) is 12.1 Å². The van der Waals surface area contributed by atoms with Gasteiger partial charge in [0.05, 0.1) is 5.56 Å². The van der Waals surface area contributed by atoms with Crippen LogP contribution in [0.5, 0.6) is 0 Å². The summed E-state index contributed by atoms with van der Waals surface area (Å²) in [6, 6.07) is 5.59. The molecule has 19 heavy (non-hydrogen) atoms. The van der Waals surface area contributed by atoms with Crippen LogP contribution in [0.25, 0.3) is 0 Å². The van der Waals surface area contributed by atoms with E-state index in [1.54, 1.807) is 0 Å². The van der Waals surface area contributed by atoms with Gasteiger partial charge in [0, 0.05) is 19.1 Å². The minimum atomic E-state index is -4.26. The summed E-state index contributed by atoms with van der Waals surface area (Å²) in [5, 5.41) is 3.30. The van der Waals surface area contributed by atoms with Crippen LogP contribution in [0.3, 0.4) is 0 Å². The first kappa shape index (κ1) is 16.0. The van der Waals surface area contributed by atoms with E-state index in [1.807, 2.05) is 7.05 Å². The Balaban J connectivity index is 2.46. The summed E-state index contributed by atoms with van der Waals surface area (Å²) >= 11 is 0. The summed E-state index contributed by atoms with van der Waals surface area (Å²) < 4.78 is 37.2. The Morgan fingerprint density at radius 1 is 1.21 bits per heavy atom. The molecule has 0 spiro atoms. The van der Waals surface area contributed by atoms with E-state index in [0.717, 1.165) is 30.8 Å². The molecule has 0 aliphatic heterocycles. The Morgan fingerprint density at radius 3 is 2.26 bits per heavy atom. The van der Waals surface area contributed by atoms with Crippen molar-refractivity contribution in [3.8, 4) is 0 Å². The number of alkyl halides is 3. The topological polar surface area (TPSA) is 15.3 Å². The van der Waals surface area contributed by atoms with Crippen molar-refractivity contribution in [3.05, 3.63) is 35.4 Å². The number of nitrogens with zero attached hydrogens (tertiary/aromatic N) is 1. The molecule has 108 valence electrons. The fourth-order valence-corrected chi connectivity index (χ4v) is 1.76. The van der Waals surface area contributed by atoms with Crippen LogP contribution >= 0.6 is 0 Å². The largest absolute Gasteiger partial charge is 0.416 e. The van der Waals surface area contributed by atoms with Crippen LogP contribution in [0.4, 0.5) is 13.2 Å². The average molecular weight is 274 g/mol. The van der Waals surface area contributed by atoms with Gasteiger partial charge in [-0.2, -0.15) is 13.2 Å². The molecule has 0 saturated heterocycles. The van der Waals surface area contributed by atoms with Gasteiger partial charge < -0.3 is 10.2 Å². The second kappa shape index (κ2) is 6.91. The number of rotatable bonds is 6. The predicted octanol–water partition coefficient (Wildman–Crippen LogP) is 3.14. The zero-order chi connectivity index (χ0) is 14.5. The third kappa shape index (κ3) is 5.61. The number of nitrogens with one attached hydrogen (secondary N) is 1. The molecule has 0 aliphatic rings. The van der Waals surface area contributed by atoms with Crippen LogP contribution in [0.2, 0.25) is 0 Å². The highest BCUT2D eigenvalue weighted by Gasteiger charge is 2.29. The normalized spacial score (nSPS) is 13.8. The van der Waals surface area contributed by atoms with Gasteiger partial charge in [0.1, 0.15) is 0 Å². The summed E-state index contributed by atoms with van der Waals surface area (Å²) in [5.41, 5.74) is 0.258. The molecule has 0 fully saturated rings. The number of hydrogen-bond donors (Lipinski definition) is 1. The fraction of sp³-hybridized carbons (Fsp3) is 0.571. The van der Waals surface area contributed by atoms with Crippen LogP contribution in [-0.4, -0.2) is 31.1 Å². The van der Waals surface area contributed by atoms with E-state index >= 15 is 0 Å². The van der Waals surface area contributed by atoms with E-state index in [-0.39, 0.29) is 0 Å². The molecule has 0 radical (unpaired) electrons. The monoisotopic (exact) mass is 274 g/mol. The molecule has 0 saturated carbocycles. The lowest BCUT2D eigenvalue weighted by atomic mass is 10.1. The molecule has 1 atom stereocenters. The first-order chi connectivity index (χ1) is 8.82. The third-order valence-corrected chi connectivity index (χ3v) is 3.06. The molecule has 0 aromatic heterocycles. The van der Waals surface area contributed by atoms with E-state index in [0.29, 0.717) is 12.6 Å². The predicted molar refractivity (Wildman–Crippen MR) is 70.9 cm³/mol. The molecule has 1 rings (SSSR count). The Labute approximate surface area is 112 Å². The van der Waals surface area contributed by atoms with E-state index in [2.05, 4.69) is 24.1 Å². The molecule has 0 heterocycles. The molecule has 1 aromatic carbocycles. The molecule has 0 bridgehead atoms.